The SMILES string of the molecule is CCNC(=NCC(O)(CC)CC)N1CCN(Cc2ccon2)CC1. The minimum absolute atomic E-state index is 0.446. The van der Waals surface area contributed by atoms with Crippen LogP contribution in [0.4, 0.5) is 0 Å². The van der Waals surface area contributed by atoms with Crippen LogP contribution in [-0.2, 0) is 6.54 Å². The Kier molecular flexibility index (Phi) is 7.05. The number of nitrogens with one attached hydrogen (secondary N) is 1. The monoisotopic (exact) mass is 337 g/mol. The van der Waals surface area contributed by atoms with Gasteiger partial charge in [0.1, 0.15) is 6.26 Å². The van der Waals surface area contributed by atoms with E-state index in [0.29, 0.717) is 6.54 Å². The smallest absolute Gasteiger partial charge is 0.194 e. The number of hydrogen-bond acceptors (Lipinski definition) is 5. The summed E-state index contributed by atoms with van der Waals surface area (Å²) >= 11 is 0. The number of aromatic nitrogens is 1. The molecule has 2 rings (SSSR count). The Morgan fingerprint density at radius 2 is 2.00 bits per heavy atom. The van der Waals surface area contributed by atoms with Crippen LogP contribution in [0.15, 0.2) is 21.8 Å². The van der Waals surface area contributed by atoms with Crippen LogP contribution in [0.5, 0.6) is 0 Å². The molecule has 136 valence electrons. The molecular formula is C17H31N5O2. The zero-order valence-corrected chi connectivity index (χ0v) is 15.2. The predicted molar refractivity (Wildman–Crippen MR) is 94.9 cm³/mol. The van der Waals surface area contributed by atoms with Crippen LogP contribution in [-0.4, -0.2) is 70.9 Å². The highest BCUT2D eigenvalue weighted by Crippen LogP contribution is 2.15. The number of piperazine rings is 1. The molecule has 1 aliphatic rings. The highest BCUT2D eigenvalue weighted by molar-refractivity contribution is 5.80. The van der Waals surface area contributed by atoms with Gasteiger partial charge >= 0.3 is 0 Å². The fourth-order valence-electron chi connectivity index (χ4n) is 2.79. The van der Waals surface area contributed by atoms with Crippen molar-refractivity contribution in [3.8, 4) is 0 Å². The largest absolute Gasteiger partial charge is 0.388 e. The molecule has 2 N–H and O–H groups in total. The molecule has 24 heavy (non-hydrogen) atoms. The minimum Gasteiger partial charge on any atom is -0.388 e. The average Bonchev–Trinajstić information content (AvgIpc) is 3.12. The van der Waals surface area contributed by atoms with Crippen LogP contribution in [0.1, 0.15) is 39.3 Å². The highest BCUT2D eigenvalue weighted by Gasteiger charge is 2.24. The zero-order valence-electron chi connectivity index (χ0n) is 15.2. The van der Waals surface area contributed by atoms with Crippen molar-refractivity contribution in [2.24, 2.45) is 4.99 Å². The molecule has 1 aromatic rings. The van der Waals surface area contributed by atoms with Gasteiger partial charge in [0.25, 0.3) is 0 Å². The summed E-state index contributed by atoms with van der Waals surface area (Å²) in [5, 5.41) is 17.8. The lowest BCUT2D eigenvalue weighted by Gasteiger charge is -2.36. The van der Waals surface area contributed by atoms with E-state index in [9.17, 15) is 5.11 Å². The molecule has 0 spiro atoms. The fourth-order valence-corrected chi connectivity index (χ4v) is 2.79. The van der Waals surface area contributed by atoms with Gasteiger partial charge in [-0.2, -0.15) is 0 Å². The summed E-state index contributed by atoms with van der Waals surface area (Å²) < 4.78 is 4.89. The van der Waals surface area contributed by atoms with Crippen LogP contribution >= 0.6 is 0 Å². The van der Waals surface area contributed by atoms with E-state index in [0.717, 1.165) is 63.8 Å². The van der Waals surface area contributed by atoms with Gasteiger partial charge in [0, 0.05) is 45.3 Å². The summed E-state index contributed by atoms with van der Waals surface area (Å²) in [7, 11) is 0. The standard InChI is InChI=1S/C17H31N5O2/c1-4-17(23,5-2)14-19-16(18-6-3)22-10-8-21(9-11-22)13-15-7-12-24-20-15/h7,12,23H,4-6,8-11,13-14H2,1-3H3,(H,18,19). The van der Waals surface area contributed by atoms with Gasteiger partial charge in [-0.15, -0.1) is 0 Å². The quantitative estimate of drug-likeness (QED) is 0.577. The Morgan fingerprint density at radius 3 is 2.54 bits per heavy atom. The second kappa shape index (κ2) is 9.03. The number of hydrogen-bond donors (Lipinski definition) is 2. The highest BCUT2D eigenvalue weighted by atomic mass is 16.5. The Hall–Kier alpha value is -1.60. The van der Waals surface area contributed by atoms with Crippen molar-refractivity contribution in [3.63, 3.8) is 0 Å². The van der Waals surface area contributed by atoms with E-state index in [1.165, 1.54) is 0 Å². The average molecular weight is 337 g/mol. The molecule has 7 nitrogen and oxygen atoms in total. The third-order valence-corrected chi connectivity index (χ3v) is 4.72. The molecule has 0 aliphatic carbocycles. The predicted octanol–water partition coefficient (Wildman–Crippen LogP) is 1.31. The lowest BCUT2D eigenvalue weighted by atomic mass is 9.98. The van der Waals surface area contributed by atoms with Crippen molar-refractivity contribution >= 4 is 5.96 Å². The van der Waals surface area contributed by atoms with E-state index in [2.05, 4.69) is 32.2 Å². The molecule has 0 saturated carbocycles. The van der Waals surface area contributed by atoms with Crippen molar-refractivity contribution in [2.45, 2.75) is 45.8 Å². The van der Waals surface area contributed by atoms with Crippen molar-refractivity contribution in [1.29, 1.82) is 0 Å². The Morgan fingerprint density at radius 1 is 1.29 bits per heavy atom. The second-order valence-electron chi connectivity index (χ2n) is 6.36. The molecule has 7 heteroatoms. The molecular weight excluding hydrogens is 306 g/mol. The van der Waals surface area contributed by atoms with Crippen LogP contribution in [0.25, 0.3) is 0 Å². The third kappa shape index (κ3) is 5.21. The van der Waals surface area contributed by atoms with Gasteiger partial charge in [-0.05, 0) is 19.8 Å². The molecule has 2 heterocycles. The molecule has 0 radical (unpaired) electrons. The van der Waals surface area contributed by atoms with Gasteiger partial charge in [-0.25, -0.2) is 0 Å². The van der Waals surface area contributed by atoms with E-state index < -0.39 is 5.60 Å². The maximum Gasteiger partial charge on any atom is 0.194 e. The molecule has 0 amide bonds. The first-order valence-electron chi connectivity index (χ1n) is 8.97. The molecule has 1 saturated heterocycles. The topological polar surface area (TPSA) is 77.1 Å². The summed E-state index contributed by atoms with van der Waals surface area (Å²) in [4.78, 5) is 9.33. The zero-order chi connectivity index (χ0) is 17.4. The van der Waals surface area contributed by atoms with E-state index >= 15 is 0 Å². The van der Waals surface area contributed by atoms with E-state index in [-0.39, 0.29) is 0 Å². The van der Waals surface area contributed by atoms with Crippen LogP contribution < -0.4 is 5.32 Å². The van der Waals surface area contributed by atoms with Crippen molar-refractivity contribution < 1.29 is 9.63 Å². The number of aliphatic imine (C=N–C) groups is 1. The minimum atomic E-state index is -0.699. The van der Waals surface area contributed by atoms with Crippen molar-refractivity contribution in [3.05, 3.63) is 18.0 Å². The first kappa shape index (κ1) is 18.7. The molecule has 1 aromatic heterocycles. The molecule has 1 aliphatic heterocycles. The summed E-state index contributed by atoms with van der Waals surface area (Å²) in [6, 6.07) is 1.91. The molecule has 1 fully saturated rings. The van der Waals surface area contributed by atoms with Gasteiger partial charge < -0.3 is 19.8 Å². The number of aliphatic hydroxyl groups is 1. The Bertz CT molecular complexity index is 491. The van der Waals surface area contributed by atoms with Crippen molar-refractivity contribution in [1.82, 2.24) is 20.3 Å². The Labute approximate surface area is 144 Å². The van der Waals surface area contributed by atoms with Gasteiger partial charge in [-0.3, -0.25) is 9.89 Å². The van der Waals surface area contributed by atoms with E-state index in [1.54, 1.807) is 6.26 Å². The summed E-state index contributed by atoms with van der Waals surface area (Å²) in [6.45, 7) is 11.9. The van der Waals surface area contributed by atoms with Crippen LogP contribution in [0.2, 0.25) is 0 Å². The van der Waals surface area contributed by atoms with E-state index in [4.69, 9.17) is 4.52 Å². The lowest BCUT2D eigenvalue weighted by molar-refractivity contribution is 0.0414. The van der Waals surface area contributed by atoms with Gasteiger partial charge in [0.05, 0.1) is 17.8 Å². The Balaban J connectivity index is 1.90. The first-order chi connectivity index (χ1) is 11.6. The second-order valence-corrected chi connectivity index (χ2v) is 6.36. The van der Waals surface area contributed by atoms with Gasteiger partial charge in [0.2, 0.25) is 0 Å². The van der Waals surface area contributed by atoms with Crippen LogP contribution in [0.3, 0.4) is 0 Å². The summed E-state index contributed by atoms with van der Waals surface area (Å²) in [5.41, 5.74) is 0.273. The van der Waals surface area contributed by atoms with Crippen molar-refractivity contribution in [2.75, 3.05) is 39.3 Å². The molecule has 0 atom stereocenters. The third-order valence-electron chi connectivity index (χ3n) is 4.72. The maximum absolute atomic E-state index is 10.5. The fraction of sp³-hybridized carbons (Fsp3) is 0.765. The first-order valence-corrected chi connectivity index (χ1v) is 8.97. The number of guanidine groups is 1. The van der Waals surface area contributed by atoms with Gasteiger partial charge in [0.15, 0.2) is 5.96 Å². The summed E-state index contributed by atoms with van der Waals surface area (Å²) in [6.07, 6.45) is 3.06. The number of nitrogens with zero attached hydrogens (tertiary/aromatic N) is 4. The maximum atomic E-state index is 10.5. The van der Waals surface area contributed by atoms with Gasteiger partial charge in [-0.1, -0.05) is 19.0 Å². The summed E-state index contributed by atoms with van der Waals surface area (Å²) in [5.74, 6) is 0.902. The van der Waals surface area contributed by atoms with E-state index in [1.807, 2.05) is 19.9 Å². The molecule has 0 bridgehead atoms. The normalized spacial score (nSPS) is 17.3. The molecule has 0 unspecified atom stereocenters. The van der Waals surface area contributed by atoms with Crippen LogP contribution in [0, 0.1) is 0 Å². The number of rotatable bonds is 7. The molecule has 0 aromatic carbocycles. The lowest BCUT2D eigenvalue weighted by Crippen LogP contribution is -2.52.